The molecular formula is C13H22O. The van der Waals surface area contributed by atoms with Crippen LogP contribution >= 0.6 is 0 Å². The molecule has 0 bridgehead atoms. The monoisotopic (exact) mass is 194 g/mol. The maximum atomic E-state index is 9.44. The molecule has 0 saturated carbocycles. The Morgan fingerprint density at radius 3 is 1.14 bits per heavy atom. The van der Waals surface area contributed by atoms with Crippen LogP contribution in [-0.4, -0.2) is 5.78 Å². The average Bonchev–Trinajstić information content (AvgIpc) is 2.07. The summed E-state index contributed by atoms with van der Waals surface area (Å²) in [5.41, 5.74) is 0. The standard InChI is InChI=1S/2C5H8.C3H6O/c2*1-3-5-4-2;1-3(2)4/h2*3-5H,1H2,2H3;1-2H3/b2*5-4-;. The molecule has 0 aliphatic heterocycles. The molecule has 0 amide bonds. The first-order valence-corrected chi connectivity index (χ1v) is 4.51. The molecule has 0 aliphatic rings. The van der Waals surface area contributed by atoms with Crippen molar-refractivity contribution in [1.29, 1.82) is 0 Å². The first-order valence-electron chi connectivity index (χ1n) is 4.51. The summed E-state index contributed by atoms with van der Waals surface area (Å²) in [5.74, 6) is 0.167. The molecular weight excluding hydrogens is 172 g/mol. The number of allylic oxidation sites excluding steroid dienone is 6. The summed E-state index contributed by atoms with van der Waals surface area (Å²) in [4.78, 5) is 9.44. The third-order valence-electron chi connectivity index (χ3n) is 0.657. The number of Topliss-reactive ketones (excluding diaryl/α,β-unsaturated/α-hetero) is 1. The quantitative estimate of drug-likeness (QED) is 0.605. The van der Waals surface area contributed by atoms with Crippen molar-refractivity contribution in [2.75, 3.05) is 0 Å². The predicted molar refractivity (Wildman–Crippen MR) is 66.4 cm³/mol. The molecule has 0 aromatic rings. The SMILES string of the molecule is C=C/C=C\C.C=C/C=C\C.CC(C)=O. The van der Waals surface area contributed by atoms with Gasteiger partial charge in [-0.3, -0.25) is 0 Å². The van der Waals surface area contributed by atoms with Gasteiger partial charge >= 0.3 is 0 Å². The van der Waals surface area contributed by atoms with Crippen LogP contribution in [0.5, 0.6) is 0 Å². The number of hydrogen-bond donors (Lipinski definition) is 0. The van der Waals surface area contributed by atoms with E-state index in [1.165, 1.54) is 13.8 Å². The molecule has 0 atom stereocenters. The van der Waals surface area contributed by atoms with Gasteiger partial charge in [0.1, 0.15) is 5.78 Å². The van der Waals surface area contributed by atoms with E-state index in [1.54, 1.807) is 12.2 Å². The van der Waals surface area contributed by atoms with Gasteiger partial charge in [0.15, 0.2) is 0 Å². The van der Waals surface area contributed by atoms with Crippen molar-refractivity contribution in [3.8, 4) is 0 Å². The van der Waals surface area contributed by atoms with E-state index in [1.807, 2.05) is 38.2 Å². The fourth-order valence-electron chi connectivity index (χ4n) is 0.272. The molecule has 0 heterocycles. The third-order valence-corrected chi connectivity index (χ3v) is 0.657. The van der Waals surface area contributed by atoms with Crippen LogP contribution in [0.4, 0.5) is 0 Å². The maximum absolute atomic E-state index is 9.44. The van der Waals surface area contributed by atoms with E-state index in [9.17, 15) is 4.79 Å². The summed E-state index contributed by atoms with van der Waals surface area (Å²) in [6.45, 7) is 13.9. The van der Waals surface area contributed by atoms with Crippen molar-refractivity contribution in [1.82, 2.24) is 0 Å². The molecule has 0 aromatic carbocycles. The van der Waals surface area contributed by atoms with E-state index in [0.717, 1.165) is 0 Å². The van der Waals surface area contributed by atoms with Gasteiger partial charge in [0, 0.05) is 0 Å². The van der Waals surface area contributed by atoms with E-state index in [-0.39, 0.29) is 5.78 Å². The minimum absolute atomic E-state index is 0.167. The Labute approximate surface area is 88.5 Å². The van der Waals surface area contributed by atoms with E-state index < -0.39 is 0 Å². The second-order valence-electron chi connectivity index (χ2n) is 2.43. The van der Waals surface area contributed by atoms with Gasteiger partial charge in [-0.25, -0.2) is 0 Å². The highest BCUT2D eigenvalue weighted by molar-refractivity contribution is 5.72. The van der Waals surface area contributed by atoms with Gasteiger partial charge in [-0.1, -0.05) is 49.6 Å². The lowest BCUT2D eigenvalue weighted by molar-refractivity contribution is -0.114. The van der Waals surface area contributed by atoms with Gasteiger partial charge in [0.25, 0.3) is 0 Å². The molecule has 0 rings (SSSR count). The molecule has 14 heavy (non-hydrogen) atoms. The van der Waals surface area contributed by atoms with Crippen molar-refractivity contribution in [3.05, 3.63) is 49.6 Å². The minimum Gasteiger partial charge on any atom is -0.300 e. The number of ketones is 1. The van der Waals surface area contributed by atoms with Gasteiger partial charge in [0.2, 0.25) is 0 Å². The van der Waals surface area contributed by atoms with E-state index in [4.69, 9.17) is 0 Å². The summed E-state index contributed by atoms with van der Waals surface area (Å²) in [5, 5.41) is 0. The Hall–Kier alpha value is -1.37. The van der Waals surface area contributed by atoms with Crippen LogP contribution in [0.1, 0.15) is 27.7 Å². The molecule has 0 spiro atoms. The zero-order valence-electron chi connectivity index (χ0n) is 9.79. The topological polar surface area (TPSA) is 17.1 Å². The molecule has 0 aliphatic carbocycles. The van der Waals surface area contributed by atoms with Crippen molar-refractivity contribution in [2.24, 2.45) is 0 Å². The van der Waals surface area contributed by atoms with Crippen molar-refractivity contribution >= 4 is 5.78 Å². The molecule has 0 fully saturated rings. The Kier molecular flexibility index (Phi) is 29.7. The Balaban J connectivity index is -0.000000131. The smallest absolute Gasteiger partial charge is 0.126 e. The molecule has 1 heteroatoms. The highest BCUT2D eigenvalue weighted by Gasteiger charge is 1.62. The van der Waals surface area contributed by atoms with Crippen molar-refractivity contribution in [3.63, 3.8) is 0 Å². The zero-order chi connectivity index (χ0) is 11.8. The van der Waals surface area contributed by atoms with Crippen molar-refractivity contribution in [2.45, 2.75) is 27.7 Å². The molecule has 0 saturated heterocycles. The Bertz CT molecular complexity index is 165. The third kappa shape index (κ3) is 143. The average molecular weight is 194 g/mol. The maximum Gasteiger partial charge on any atom is 0.126 e. The molecule has 0 radical (unpaired) electrons. The zero-order valence-corrected chi connectivity index (χ0v) is 9.79. The van der Waals surface area contributed by atoms with Gasteiger partial charge in [-0.15, -0.1) is 0 Å². The lowest BCUT2D eigenvalue weighted by Gasteiger charge is -1.56. The molecule has 0 aromatic heterocycles. The Morgan fingerprint density at radius 1 is 0.929 bits per heavy atom. The first-order chi connectivity index (χ1) is 6.56. The van der Waals surface area contributed by atoms with Crippen LogP contribution in [-0.2, 0) is 4.79 Å². The van der Waals surface area contributed by atoms with Gasteiger partial charge in [0.05, 0.1) is 0 Å². The summed E-state index contributed by atoms with van der Waals surface area (Å²) >= 11 is 0. The van der Waals surface area contributed by atoms with Crippen LogP contribution < -0.4 is 0 Å². The van der Waals surface area contributed by atoms with E-state index >= 15 is 0 Å². The minimum atomic E-state index is 0.167. The number of hydrogen-bond acceptors (Lipinski definition) is 1. The van der Waals surface area contributed by atoms with Crippen LogP contribution in [0.25, 0.3) is 0 Å². The fourth-order valence-corrected chi connectivity index (χ4v) is 0.272. The summed E-state index contributed by atoms with van der Waals surface area (Å²) < 4.78 is 0. The van der Waals surface area contributed by atoms with Gasteiger partial charge < -0.3 is 4.79 Å². The lowest BCUT2D eigenvalue weighted by atomic mass is 10.5. The first kappa shape index (κ1) is 18.4. The molecule has 0 N–H and O–H groups in total. The summed E-state index contributed by atoms with van der Waals surface area (Å²) in [6.07, 6.45) is 11.2. The number of rotatable bonds is 2. The fraction of sp³-hybridized carbons (Fsp3) is 0.308. The predicted octanol–water partition coefficient (Wildman–Crippen LogP) is 4.09. The second kappa shape index (κ2) is 22.6. The van der Waals surface area contributed by atoms with Crippen LogP contribution in [0, 0.1) is 0 Å². The van der Waals surface area contributed by atoms with Gasteiger partial charge in [-0.2, -0.15) is 0 Å². The van der Waals surface area contributed by atoms with E-state index in [2.05, 4.69) is 13.2 Å². The van der Waals surface area contributed by atoms with Gasteiger partial charge in [-0.05, 0) is 27.7 Å². The molecule has 1 nitrogen and oxygen atoms in total. The van der Waals surface area contributed by atoms with Crippen LogP contribution in [0.15, 0.2) is 49.6 Å². The highest BCUT2D eigenvalue weighted by atomic mass is 16.1. The normalized spacial score (nSPS) is 8.29. The molecule has 0 unspecified atom stereocenters. The Morgan fingerprint density at radius 2 is 1.14 bits per heavy atom. The number of carbonyl (C=O) groups excluding carboxylic acids is 1. The largest absolute Gasteiger partial charge is 0.300 e. The lowest BCUT2D eigenvalue weighted by Crippen LogP contribution is -1.69. The van der Waals surface area contributed by atoms with Crippen molar-refractivity contribution < 1.29 is 4.79 Å². The highest BCUT2D eigenvalue weighted by Crippen LogP contribution is 1.65. The van der Waals surface area contributed by atoms with E-state index in [0.29, 0.717) is 0 Å². The summed E-state index contributed by atoms with van der Waals surface area (Å²) in [6, 6.07) is 0. The number of carbonyl (C=O) groups is 1. The summed E-state index contributed by atoms with van der Waals surface area (Å²) in [7, 11) is 0. The molecule has 80 valence electrons. The van der Waals surface area contributed by atoms with Crippen LogP contribution in [0.3, 0.4) is 0 Å². The van der Waals surface area contributed by atoms with Crippen LogP contribution in [0.2, 0.25) is 0 Å². The second-order valence-corrected chi connectivity index (χ2v) is 2.43.